The van der Waals surface area contributed by atoms with Crippen LogP contribution < -0.4 is 0 Å². The second-order valence-corrected chi connectivity index (χ2v) is 4.80. The molecule has 0 aliphatic carbocycles. The van der Waals surface area contributed by atoms with Crippen LogP contribution in [0.3, 0.4) is 0 Å². The van der Waals surface area contributed by atoms with Crippen LogP contribution in [0.5, 0.6) is 0 Å². The van der Waals surface area contributed by atoms with Gasteiger partial charge in [0.1, 0.15) is 0 Å². The van der Waals surface area contributed by atoms with E-state index in [1.54, 1.807) is 17.4 Å². The van der Waals surface area contributed by atoms with Crippen molar-refractivity contribution in [3.63, 3.8) is 0 Å². The maximum atomic E-state index is 8.97. The number of aromatic nitrogens is 1. The largest absolute Gasteiger partial charge is 0.361 e. The number of aromatic amines is 1. The first-order valence-corrected chi connectivity index (χ1v) is 6.27. The second kappa shape index (κ2) is 4.07. The van der Waals surface area contributed by atoms with Gasteiger partial charge in [0.05, 0.1) is 16.5 Å². The van der Waals surface area contributed by atoms with Gasteiger partial charge >= 0.3 is 0 Å². The molecular formula is C15H8N2S. The molecule has 2 aromatic heterocycles. The monoisotopic (exact) mass is 248 g/mol. The number of thiophene rings is 1. The molecule has 2 heterocycles. The highest BCUT2D eigenvalue weighted by Gasteiger charge is 2.10. The summed E-state index contributed by atoms with van der Waals surface area (Å²) in [5.41, 5.74) is 3.76. The van der Waals surface area contributed by atoms with Gasteiger partial charge in [0, 0.05) is 28.2 Å². The van der Waals surface area contributed by atoms with Crippen molar-refractivity contribution in [3.05, 3.63) is 46.3 Å². The lowest BCUT2D eigenvalue weighted by atomic mass is 10.0. The first-order valence-electron chi connectivity index (χ1n) is 5.39. The first kappa shape index (κ1) is 10.7. The van der Waals surface area contributed by atoms with Crippen LogP contribution in [0.4, 0.5) is 0 Å². The molecule has 1 aromatic carbocycles. The Morgan fingerprint density at radius 1 is 1.22 bits per heavy atom. The van der Waals surface area contributed by atoms with Gasteiger partial charge in [0.2, 0.25) is 0 Å². The zero-order chi connectivity index (χ0) is 12.5. The van der Waals surface area contributed by atoms with Gasteiger partial charge in [-0.05, 0) is 29.6 Å². The van der Waals surface area contributed by atoms with Crippen LogP contribution >= 0.6 is 11.3 Å². The molecule has 0 saturated heterocycles. The summed E-state index contributed by atoms with van der Waals surface area (Å²) in [5, 5.41) is 12.0. The van der Waals surface area contributed by atoms with Crippen molar-refractivity contribution in [2.24, 2.45) is 0 Å². The number of nitrogens with zero attached hydrogens (tertiary/aromatic N) is 1. The van der Waals surface area contributed by atoms with Crippen LogP contribution in [0.1, 0.15) is 10.4 Å². The van der Waals surface area contributed by atoms with Gasteiger partial charge in [-0.25, -0.2) is 0 Å². The molecule has 0 aliphatic heterocycles. The maximum Gasteiger partial charge on any atom is 0.0991 e. The van der Waals surface area contributed by atoms with E-state index in [2.05, 4.69) is 17.0 Å². The number of hydrogen-bond donors (Lipinski definition) is 1. The normalized spacial score (nSPS) is 10.1. The molecule has 0 aliphatic rings. The van der Waals surface area contributed by atoms with Crippen molar-refractivity contribution in [1.82, 2.24) is 4.98 Å². The van der Waals surface area contributed by atoms with Crippen molar-refractivity contribution in [3.8, 4) is 29.5 Å². The summed E-state index contributed by atoms with van der Waals surface area (Å²) in [7, 11) is 0. The number of terminal acetylenes is 1. The molecule has 0 amide bonds. The Bertz CT molecular complexity index is 809. The molecule has 2 nitrogen and oxygen atoms in total. The topological polar surface area (TPSA) is 39.6 Å². The van der Waals surface area contributed by atoms with Crippen molar-refractivity contribution in [1.29, 1.82) is 5.26 Å². The predicted molar refractivity (Wildman–Crippen MR) is 74.3 cm³/mol. The fraction of sp³-hybridized carbons (Fsp3) is 0. The van der Waals surface area contributed by atoms with E-state index in [0.717, 1.165) is 26.9 Å². The summed E-state index contributed by atoms with van der Waals surface area (Å²) in [5.74, 6) is 2.70. The molecule has 0 unspecified atom stereocenters. The van der Waals surface area contributed by atoms with E-state index in [4.69, 9.17) is 11.7 Å². The lowest BCUT2D eigenvalue weighted by Crippen LogP contribution is -1.77. The van der Waals surface area contributed by atoms with Gasteiger partial charge in [-0.3, -0.25) is 0 Å². The SMILES string of the molecule is C#Cc1sccc1-c1c[nH]c2ccc(C#N)cc12. The third-order valence-corrected chi connectivity index (χ3v) is 3.74. The molecule has 18 heavy (non-hydrogen) atoms. The zero-order valence-corrected chi connectivity index (χ0v) is 10.2. The third-order valence-electron chi connectivity index (χ3n) is 2.90. The molecule has 0 spiro atoms. The van der Waals surface area contributed by atoms with Crippen LogP contribution in [-0.2, 0) is 0 Å². The molecule has 0 saturated carbocycles. The summed E-state index contributed by atoms with van der Waals surface area (Å²) < 4.78 is 0. The summed E-state index contributed by atoms with van der Waals surface area (Å²) in [6.45, 7) is 0. The Morgan fingerprint density at radius 3 is 2.89 bits per heavy atom. The number of nitriles is 1. The van der Waals surface area contributed by atoms with Crippen LogP contribution in [-0.4, -0.2) is 4.98 Å². The van der Waals surface area contributed by atoms with Gasteiger partial charge in [0.25, 0.3) is 0 Å². The maximum absolute atomic E-state index is 8.97. The van der Waals surface area contributed by atoms with Crippen LogP contribution in [0.25, 0.3) is 22.0 Å². The Kier molecular flexibility index (Phi) is 2.41. The van der Waals surface area contributed by atoms with Crippen molar-refractivity contribution >= 4 is 22.2 Å². The molecule has 3 rings (SSSR count). The summed E-state index contributed by atoms with van der Waals surface area (Å²) in [6.07, 6.45) is 7.44. The van der Waals surface area contributed by atoms with E-state index in [1.165, 1.54) is 0 Å². The molecule has 3 aromatic rings. The smallest absolute Gasteiger partial charge is 0.0991 e. The van der Waals surface area contributed by atoms with Gasteiger partial charge in [-0.2, -0.15) is 5.26 Å². The average molecular weight is 248 g/mol. The molecule has 0 radical (unpaired) electrons. The van der Waals surface area contributed by atoms with E-state index in [9.17, 15) is 0 Å². The van der Waals surface area contributed by atoms with E-state index < -0.39 is 0 Å². The Hall–Kier alpha value is -2.49. The Balaban J connectivity index is 2.31. The van der Waals surface area contributed by atoms with Crippen LogP contribution in [0.2, 0.25) is 0 Å². The molecule has 3 heteroatoms. The lowest BCUT2D eigenvalue weighted by Gasteiger charge is -1.98. The molecular weight excluding hydrogens is 240 g/mol. The molecule has 0 bridgehead atoms. The van der Waals surface area contributed by atoms with Crippen molar-refractivity contribution in [2.75, 3.05) is 0 Å². The highest BCUT2D eigenvalue weighted by molar-refractivity contribution is 7.11. The third kappa shape index (κ3) is 1.50. The van der Waals surface area contributed by atoms with E-state index in [0.29, 0.717) is 5.56 Å². The molecule has 84 valence electrons. The number of hydrogen-bond acceptors (Lipinski definition) is 2. The minimum atomic E-state index is 0.654. The number of fused-ring (bicyclic) bond motifs is 1. The first-order chi connectivity index (χ1) is 8.83. The highest BCUT2D eigenvalue weighted by Crippen LogP contribution is 2.33. The number of rotatable bonds is 1. The number of nitrogens with one attached hydrogen (secondary N) is 1. The standard InChI is InChI=1S/C15H8N2S/c1-2-15-11(5-6-18-15)13-9-17-14-4-3-10(8-16)7-12(13)14/h1,3-7,9,17H. The summed E-state index contributed by atoms with van der Waals surface area (Å²) in [4.78, 5) is 4.12. The van der Waals surface area contributed by atoms with Gasteiger partial charge in [-0.15, -0.1) is 17.8 Å². The van der Waals surface area contributed by atoms with E-state index >= 15 is 0 Å². The number of benzene rings is 1. The van der Waals surface area contributed by atoms with Gasteiger partial charge < -0.3 is 4.98 Å². The van der Waals surface area contributed by atoms with Gasteiger partial charge in [-0.1, -0.05) is 5.92 Å². The predicted octanol–water partition coefficient (Wildman–Crippen LogP) is 3.75. The van der Waals surface area contributed by atoms with E-state index in [1.807, 2.05) is 29.8 Å². The lowest BCUT2D eigenvalue weighted by molar-refractivity contribution is 1.46. The Morgan fingerprint density at radius 2 is 2.11 bits per heavy atom. The fourth-order valence-electron chi connectivity index (χ4n) is 2.05. The van der Waals surface area contributed by atoms with Crippen LogP contribution in [0.15, 0.2) is 35.8 Å². The highest BCUT2D eigenvalue weighted by atomic mass is 32.1. The average Bonchev–Trinajstić information content (AvgIpc) is 3.03. The Labute approximate surface area is 109 Å². The van der Waals surface area contributed by atoms with Crippen LogP contribution in [0, 0.1) is 23.7 Å². The molecule has 0 atom stereocenters. The quantitative estimate of drug-likeness (QED) is 0.654. The zero-order valence-electron chi connectivity index (χ0n) is 9.40. The summed E-state index contributed by atoms with van der Waals surface area (Å²) >= 11 is 1.55. The summed E-state index contributed by atoms with van der Waals surface area (Å²) in [6, 6.07) is 9.78. The number of H-pyrrole nitrogens is 1. The van der Waals surface area contributed by atoms with Gasteiger partial charge in [0.15, 0.2) is 0 Å². The second-order valence-electron chi connectivity index (χ2n) is 3.88. The minimum Gasteiger partial charge on any atom is -0.361 e. The van der Waals surface area contributed by atoms with E-state index in [-0.39, 0.29) is 0 Å². The molecule has 1 N–H and O–H groups in total. The fourth-order valence-corrected chi connectivity index (χ4v) is 2.76. The molecule has 0 fully saturated rings. The van der Waals surface area contributed by atoms with Crippen molar-refractivity contribution in [2.45, 2.75) is 0 Å². The van der Waals surface area contributed by atoms with Crippen molar-refractivity contribution < 1.29 is 0 Å². The minimum absolute atomic E-state index is 0.654.